The first-order valence-electron chi connectivity index (χ1n) is 6.77. The van der Waals surface area contributed by atoms with E-state index in [2.05, 4.69) is 0 Å². The van der Waals surface area contributed by atoms with Crippen LogP contribution >= 0.6 is 0 Å². The van der Waals surface area contributed by atoms with Crippen molar-refractivity contribution >= 4 is 10.0 Å². The van der Waals surface area contributed by atoms with Crippen LogP contribution in [0.5, 0.6) is 0 Å². The van der Waals surface area contributed by atoms with Crippen LogP contribution in [-0.2, 0) is 21.3 Å². The minimum absolute atomic E-state index is 0.290. The molecule has 5 nitrogen and oxygen atoms in total. The molecule has 1 heterocycles. The Bertz CT molecular complexity index is 572. The Kier molecular flexibility index (Phi) is 4.80. The molecule has 1 atom stereocenters. The molecule has 0 aliphatic carbocycles. The summed E-state index contributed by atoms with van der Waals surface area (Å²) in [5.74, 6) is 0.290. The lowest BCUT2D eigenvalue weighted by Gasteiger charge is -2.18. The highest BCUT2D eigenvalue weighted by molar-refractivity contribution is 7.89. The Morgan fingerprint density at radius 1 is 1.45 bits per heavy atom. The van der Waals surface area contributed by atoms with Crippen LogP contribution in [0.4, 0.5) is 0 Å². The molecule has 1 aliphatic rings. The number of sulfonamides is 1. The highest BCUT2D eigenvalue weighted by Crippen LogP contribution is 2.26. The van der Waals surface area contributed by atoms with Crippen molar-refractivity contribution in [3.05, 3.63) is 29.3 Å². The van der Waals surface area contributed by atoms with Crippen LogP contribution in [0.1, 0.15) is 17.5 Å². The zero-order chi connectivity index (χ0) is 14.8. The second-order valence-corrected chi connectivity index (χ2v) is 7.18. The monoisotopic (exact) mass is 298 g/mol. The van der Waals surface area contributed by atoms with E-state index in [9.17, 15) is 8.42 Å². The van der Waals surface area contributed by atoms with E-state index in [4.69, 9.17) is 10.5 Å². The molecule has 0 bridgehead atoms. The van der Waals surface area contributed by atoms with Crippen LogP contribution in [-0.4, -0.2) is 39.5 Å². The molecule has 2 rings (SSSR count). The molecular weight excluding hydrogens is 276 g/mol. The summed E-state index contributed by atoms with van der Waals surface area (Å²) in [7, 11) is -1.76. The Morgan fingerprint density at radius 2 is 2.20 bits per heavy atom. The van der Waals surface area contributed by atoms with Gasteiger partial charge in [-0.1, -0.05) is 12.1 Å². The van der Waals surface area contributed by atoms with Gasteiger partial charge in [-0.3, -0.25) is 0 Å². The maximum absolute atomic E-state index is 12.7. The SMILES string of the molecule is COCC1CCN(S(=O)(=O)c2ccc(CN)cc2C)C1. The lowest BCUT2D eigenvalue weighted by atomic mass is 10.1. The molecule has 0 aromatic heterocycles. The summed E-state index contributed by atoms with van der Waals surface area (Å²) in [5.41, 5.74) is 7.28. The first-order valence-corrected chi connectivity index (χ1v) is 8.21. The molecule has 0 radical (unpaired) electrons. The first kappa shape index (κ1) is 15.4. The van der Waals surface area contributed by atoms with Gasteiger partial charge in [-0.2, -0.15) is 4.31 Å². The van der Waals surface area contributed by atoms with E-state index < -0.39 is 10.0 Å². The van der Waals surface area contributed by atoms with Crippen molar-refractivity contribution < 1.29 is 13.2 Å². The van der Waals surface area contributed by atoms with Crippen LogP contribution in [0.25, 0.3) is 0 Å². The predicted molar refractivity (Wildman–Crippen MR) is 77.8 cm³/mol. The average Bonchev–Trinajstić information content (AvgIpc) is 2.88. The maximum atomic E-state index is 12.7. The average molecular weight is 298 g/mol. The molecule has 1 aromatic rings. The Balaban J connectivity index is 2.23. The van der Waals surface area contributed by atoms with Crippen molar-refractivity contribution in [3.8, 4) is 0 Å². The lowest BCUT2D eigenvalue weighted by Crippen LogP contribution is -2.30. The summed E-state index contributed by atoms with van der Waals surface area (Å²) >= 11 is 0. The van der Waals surface area contributed by atoms with E-state index in [1.54, 1.807) is 23.5 Å². The number of hydrogen-bond acceptors (Lipinski definition) is 4. The summed E-state index contributed by atoms with van der Waals surface area (Å²) in [6.45, 7) is 3.94. The molecular formula is C14H22N2O3S. The highest BCUT2D eigenvalue weighted by atomic mass is 32.2. The summed E-state index contributed by atoms with van der Waals surface area (Å²) in [6.07, 6.45) is 0.854. The molecule has 20 heavy (non-hydrogen) atoms. The van der Waals surface area contributed by atoms with E-state index in [1.807, 2.05) is 13.0 Å². The van der Waals surface area contributed by atoms with E-state index >= 15 is 0 Å². The normalized spacial score (nSPS) is 20.4. The van der Waals surface area contributed by atoms with Gasteiger partial charge < -0.3 is 10.5 Å². The fourth-order valence-electron chi connectivity index (χ4n) is 2.65. The second kappa shape index (κ2) is 6.22. The standard InChI is InChI=1S/C14H22N2O3S/c1-11-7-12(8-15)3-4-14(11)20(17,18)16-6-5-13(9-16)10-19-2/h3-4,7,13H,5-6,8-10,15H2,1-2H3. The fourth-order valence-corrected chi connectivity index (χ4v) is 4.39. The van der Waals surface area contributed by atoms with Gasteiger partial charge in [-0.15, -0.1) is 0 Å². The molecule has 112 valence electrons. The van der Waals surface area contributed by atoms with Gasteiger partial charge in [0, 0.05) is 26.7 Å². The molecule has 0 spiro atoms. The Labute approximate surface area is 120 Å². The van der Waals surface area contributed by atoms with Crippen molar-refractivity contribution in [2.45, 2.75) is 24.8 Å². The third kappa shape index (κ3) is 3.03. The van der Waals surface area contributed by atoms with Crippen molar-refractivity contribution in [2.24, 2.45) is 11.7 Å². The van der Waals surface area contributed by atoms with Gasteiger partial charge in [0.05, 0.1) is 11.5 Å². The van der Waals surface area contributed by atoms with Crippen molar-refractivity contribution in [1.82, 2.24) is 4.31 Å². The second-order valence-electron chi connectivity index (χ2n) is 5.28. The van der Waals surface area contributed by atoms with E-state index in [-0.39, 0.29) is 0 Å². The quantitative estimate of drug-likeness (QED) is 0.884. The smallest absolute Gasteiger partial charge is 0.243 e. The number of ether oxygens (including phenoxy) is 1. The molecule has 6 heteroatoms. The number of benzene rings is 1. The van der Waals surface area contributed by atoms with Gasteiger partial charge in [-0.25, -0.2) is 8.42 Å². The minimum Gasteiger partial charge on any atom is -0.384 e. The van der Waals surface area contributed by atoms with Crippen LogP contribution in [0.2, 0.25) is 0 Å². The molecule has 0 amide bonds. The van der Waals surface area contributed by atoms with Gasteiger partial charge in [-0.05, 0) is 36.5 Å². The zero-order valence-corrected chi connectivity index (χ0v) is 12.8. The minimum atomic E-state index is -3.41. The summed E-state index contributed by atoms with van der Waals surface area (Å²) in [6, 6.07) is 5.29. The van der Waals surface area contributed by atoms with E-state index in [0.29, 0.717) is 37.1 Å². The maximum Gasteiger partial charge on any atom is 0.243 e. The summed E-state index contributed by atoms with van der Waals surface area (Å²) in [4.78, 5) is 0.382. The summed E-state index contributed by atoms with van der Waals surface area (Å²) < 4.78 is 32.0. The van der Waals surface area contributed by atoms with Gasteiger partial charge in [0.1, 0.15) is 0 Å². The third-order valence-electron chi connectivity index (χ3n) is 3.74. The Morgan fingerprint density at radius 3 is 2.80 bits per heavy atom. The largest absolute Gasteiger partial charge is 0.384 e. The van der Waals surface area contributed by atoms with E-state index in [1.165, 1.54) is 0 Å². The number of methoxy groups -OCH3 is 1. The first-order chi connectivity index (χ1) is 9.48. The van der Waals surface area contributed by atoms with Crippen LogP contribution < -0.4 is 5.73 Å². The molecule has 2 N–H and O–H groups in total. The van der Waals surface area contributed by atoms with E-state index in [0.717, 1.165) is 17.5 Å². The number of nitrogens with two attached hydrogens (primary N) is 1. The van der Waals surface area contributed by atoms with Crippen molar-refractivity contribution in [1.29, 1.82) is 0 Å². The number of hydrogen-bond donors (Lipinski definition) is 1. The number of aryl methyl sites for hydroxylation is 1. The highest BCUT2D eigenvalue weighted by Gasteiger charge is 2.33. The molecule has 1 saturated heterocycles. The fraction of sp³-hybridized carbons (Fsp3) is 0.571. The van der Waals surface area contributed by atoms with Crippen LogP contribution in [0, 0.1) is 12.8 Å². The van der Waals surface area contributed by atoms with Crippen molar-refractivity contribution in [3.63, 3.8) is 0 Å². The van der Waals surface area contributed by atoms with Gasteiger partial charge in [0.2, 0.25) is 10.0 Å². The predicted octanol–water partition coefficient (Wildman–Crippen LogP) is 1.11. The third-order valence-corrected chi connectivity index (χ3v) is 5.77. The molecule has 1 aliphatic heterocycles. The number of nitrogens with zero attached hydrogens (tertiary/aromatic N) is 1. The number of rotatable bonds is 5. The van der Waals surface area contributed by atoms with Gasteiger partial charge in [0.25, 0.3) is 0 Å². The molecule has 1 fully saturated rings. The van der Waals surface area contributed by atoms with Crippen LogP contribution in [0.15, 0.2) is 23.1 Å². The Hall–Kier alpha value is -0.950. The van der Waals surface area contributed by atoms with Crippen LogP contribution in [0.3, 0.4) is 0 Å². The zero-order valence-electron chi connectivity index (χ0n) is 12.0. The van der Waals surface area contributed by atoms with Gasteiger partial charge in [0.15, 0.2) is 0 Å². The lowest BCUT2D eigenvalue weighted by molar-refractivity contribution is 0.157. The molecule has 0 saturated carbocycles. The topological polar surface area (TPSA) is 72.6 Å². The molecule has 1 unspecified atom stereocenters. The van der Waals surface area contributed by atoms with Gasteiger partial charge >= 0.3 is 0 Å². The summed E-state index contributed by atoms with van der Waals surface area (Å²) in [5, 5.41) is 0. The van der Waals surface area contributed by atoms with Crippen molar-refractivity contribution in [2.75, 3.05) is 26.8 Å². The molecule has 1 aromatic carbocycles.